The lowest BCUT2D eigenvalue weighted by Gasteiger charge is -2.22. The van der Waals surface area contributed by atoms with E-state index in [1.54, 1.807) is 0 Å². The first-order chi connectivity index (χ1) is 12.9. The fourth-order valence-electron chi connectivity index (χ4n) is 3.65. The summed E-state index contributed by atoms with van der Waals surface area (Å²) >= 11 is 0. The van der Waals surface area contributed by atoms with Crippen LogP contribution < -0.4 is 5.32 Å². The predicted octanol–water partition coefficient (Wildman–Crippen LogP) is 5.47. The maximum atomic E-state index is 12.8. The highest BCUT2D eigenvalue weighted by Crippen LogP contribution is 2.35. The highest BCUT2D eigenvalue weighted by Gasteiger charge is 2.23. The molecule has 0 spiro atoms. The van der Waals surface area contributed by atoms with Gasteiger partial charge >= 0.3 is 0 Å². The number of hydrogen-bond acceptors (Lipinski definition) is 1. The molecule has 142 valence electrons. The van der Waals surface area contributed by atoms with Gasteiger partial charge in [0.25, 0.3) is 0 Å². The Labute approximate surface area is 162 Å². The highest BCUT2D eigenvalue weighted by atomic mass is 16.1. The van der Waals surface area contributed by atoms with Crippen molar-refractivity contribution in [2.45, 2.75) is 53.0 Å². The lowest BCUT2D eigenvalue weighted by atomic mass is 9.85. The van der Waals surface area contributed by atoms with Crippen molar-refractivity contribution in [1.29, 1.82) is 0 Å². The molecular weight excluding hydrogens is 332 g/mol. The van der Waals surface area contributed by atoms with E-state index >= 15 is 0 Å². The number of para-hydroxylation sites is 1. The van der Waals surface area contributed by atoms with Gasteiger partial charge in [-0.1, -0.05) is 55.8 Å². The minimum Gasteiger partial charge on any atom is -0.361 e. The van der Waals surface area contributed by atoms with Crippen LogP contribution in [0.5, 0.6) is 0 Å². The van der Waals surface area contributed by atoms with Gasteiger partial charge in [0.15, 0.2) is 0 Å². The third-order valence-electron chi connectivity index (χ3n) is 5.58. The molecule has 2 N–H and O–H groups in total. The second-order valence-electron chi connectivity index (χ2n) is 8.01. The van der Waals surface area contributed by atoms with Gasteiger partial charge in [0.1, 0.15) is 0 Å². The van der Waals surface area contributed by atoms with Crippen molar-refractivity contribution < 1.29 is 4.79 Å². The molecule has 1 aromatic heterocycles. The van der Waals surface area contributed by atoms with Gasteiger partial charge in [0.05, 0.1) is 0 Å². The summed E-state index contributed by atoms with van der Waals surface area (Å²) in [7, 11) is 0. The van der Waals surface area contributed by atoms with E-state index < -0.39 is 0 Å². The first-order valence-corrected chi connectivity index (χ1v) is 9.79. The highest BCUT2D eigenvalue weighted by molar-refractivity contribution is 5.86. The topological polar surface area (TPSA) is 44.9 Å². The molecule has 0 fully saturated rings. The average Bonchev–Trinajstić information content (AvgIpc) is 3.04. The fourth-order valence-corrected chi connectivity index (χ4v) is 3.65. The Hall–Kier alpha value is -2.55. The number of aromatic nitrogens is 1. The van der Waals surface area contributed by atoms with Crippen molar-refractivity contribution in [2.24, 2.45) is 5.92 Å². The predicted molar refractivity (Wildman–Crippen MR) is 113 cm³/mol. The summed E-state index contributed by atoms with van der Waals surface area (Å²) < 4.78 is 0. The van der Waals surface area contributed by atoms with Crippen LogP contribution in [-0.4, -0.2) is 16.9 Å². The Balaban J connectivity index is 2.00. The Morgan fingerprint density at radius 3 is 2.48 bits per heavy atom. The molecule has 2 aromatic carbocycles. The Morgan fingerprint density at radius 2 is 1.78 bits per heavy atom. The summed E-state index contributed by atoms with van der Waals surface area (Å²) in [5, 5.41) is 4.36. The van der Waals surface area contributed by atoms with Gasteiger partial charge in [0, 0.05) is 35.5 Å². The average molecular weight is 363 g/mol. The second kappa shape index (κ2) is 7.99. The van der Waals surface area contributed by atoms with Crippen LogP contribution in [-0.2, 0) is 4.79 Å². The van der Waals surface area contributed by atoms with Crippen molar-refractivity contribution in [2.75, 3.05) is 0 Å². The Morgan fingerprint density at radius 1 is 1.04 bits per heavy atom. The third kappa shape index (κ3) is 4.24. The van der Waals surface area contributed by atoms with E-state index in [0.717, 1.165) is 5.52 Å². The normalized spacial score (nSPS) is 13.7. The van der Waals surface area contributed by atoms with Crippen LogP contribution >= 0.6 is 0 Å². The molecule has 0 aliphatic rings. The van der Waals surface area contributed by atoms with Crippen LogP contribution in [0, 0.1) is 19.8 Å². The zero-order chi connectivity index (χ0) is 19.6. The third-order valence-corrected chi connectivity index (χ3v) is 5.58. The van der Waals surface area contributed by atoms with Gasteiger partial charge in [-0.15, -0.1) is 0 Å². The minimum absolute atomic E-state index is 0.0288. The molecule has 3 nitrogen and oxygen atoms in total. The number of aryl methyl sites for hydroxylation is 2. The van der Waals surface area contributed by atoms with Gasteiger partial charge in [0.2, 0.25) is 5.91 Å². The number of benzene rings is 2. The first-order valence-electron chi connectivity index (χ1n) is 9.79. The van der Waals surface area contributed by atoms with Crippen molar-refractivity contribution >= 4 is 16.8 Å². The maximum Gasteiger partial charge on any atom is 0.221 e. The fraction of sp³-hybridized carbons (Fsp3) is 0.375. The van der Waals surface area contributed by atoms with Crippen molar-refractivity contribution in [3.8, 4) is 0 Å². The van der Waals surface area contributed by atoms with Crippen LogP contribution in [0.1, 0.15) is 55.4 Å². The van der Waals surface area contributed by atoms with E-state index in [0.29, 0.717) is 12.3 Å². The SMILES string of the molecule is Cc1ccc([C@@H](CC(=O)N[C@H](C)C(C)C)c2c[nH]c3ccccc23)c(C)c1. The quantitative estimate of drug-likeness (QED) is 0.600. The molecule has 27 heavy (non-hydrogen) atoms. The first kappa shape index (κ1) is 19.2. The maximum absolute atomic E-state index is 12.8. The number of rotatable bonds is 6. The number of nitrogens with one attached hydrogen (secondary N) is 2. The molecule has 3 aromatic rings. The summed E-state index contributed by atoms with van der Waals surface area (Å²) in [5.74, 6) is 0.550. The van der Waals surface area contributed by atoms with Gasteiger partial charge in [-0.2, -0.15) is 0 Å². The molecule has 0 bridgehead atoms. The van der Waals surface area contributed by atoms with Gasteiger partial charge in [-0.25, -0.2) is 0 Å². The largest absolute Gasteiger partial charge is 0.361 e. The molecule has 0 aliphatic carbocycles. The minimum atomic E-state index is 0.0288. The number of amides is 1. The number of H-pyrrole nitrogens is 1. The van der Waals surface area contributed by atoms with Crippen LogP contribution in [0.2, 0.25) is 0 Å². The Kier molecular flexibility index (Phi) is 5.69. The second-order valence-corrected chi connectivity index (χ2v) is 8.01. The smallest absolute Gasteiger partial charge is 0.221 e. The van der Waals surface area contributed by atoms with Crippen molar-refractivity contribution in [3.05, 3.63) is 70.9 Å². The number of fused-ring (bicyclic) bond motifs is 1. The Bertz CT molecular complexity index is 938. The molecule has 3 heteroatoms. The molecule has 0 saturated heterocycles. The van der Waals surface area contributed by atoms with E-state index in [1.807, 2.05) is 6.07 Å². The molecule has 1 heterocycles. The standard InChI is InChI=1S/C24H30N2O/c1-15(2)18(5)26-24(27)13-21(19-11-10-16(3)12-17(19)4)22-14-25-23-9-7-6-8-20(22)23/h6-12,14-15,18,21,25H,13H2,1-5H3,(H,26,27)/t18-,21-/m1/s1. The number of aromatic amines is 1. The van der Waals surface area contributed by atoms with Crippen molar-refractivity contribution in [3.63, 3.8) is 0 Å². The van der Waals surface area contributed by atoms with Gasteiger partial charge in [-0.05, 0) is 49.4 Å². The molecule has 0 unspecified atom stereocenters. The summed E-state index contributed by atoms with van der Waals surface area (Å²) in [6.45, 7) is 10.6. The lowest BCUT2D eigenvalue weighted by molar-refractivity contribution is -0.122. The van der Waals surface area contributed by atoms with E-state index in [1.165, 1.54) is 27.6 Å². The summed E-state index contributed by atoms with van der Waals surface area (Å²) in [5.41, 5.74) is 5.99. The van der Waals surface area contributed by atoms with Crippen LogP contribution in [0.3, 0.4) is 0 Å². The summed E-state index contributed by atoms with van der Waals surface area (Å²) in [6, 6.07) is 15.0. The lowest BCUT2D eigenvalue weighted by Crippen LogP contribution is -2.36. The zero-order valence-corrected chi connectivity index (χ0v) is 17.0. The number of hydrogen-bond donors (Lipinski definition) is 2. The molecule has 0 aliphatic heterocycles. The van der Waals surface area contributed by atoms with Crippen LogP contribution in [0.4, 0.5) is 0 Å². The molecule has 2 atom stereocenters. The molecule has 0 radical (unpaired) electrons. The molecule has 0 saturated carbocycles. The van der Waals surface area contributed by atoms with Crippen molar-refractivity contribution in [1.82, 2.24) is 10.3 Å². The molecule has 1 amide bonds. The summed E-state index contributed by atoms with van der Waals surface area (Å²) in [4.78, 5) is 16.2. The number of carbonyl (C=O) groups is 1. The van der Waals surface area contributed by atoms with Crippen LogP contribution in [0.25, 0.3) is 10.9 Å². The van der Waals surface area contributed by atoms with Crippen LogP contribution in [0.15, 0.2) is 48.7 Å². The number of carbonyl (C=O) groups excluding carboxylic acids is 1. The molecule has 3 rings (SSSR count). The summed E-state index contributed by atoms with van der Waals surface area (Å²) in [6.07, 6.45) is 2.51. The van der Waals surface area contributed by atoms with E-state index in [-0.39, 0.29) is 17.9 Å². The molecular formula is C24H30N2O. The van der Waals surface area contributed by atoms with Gasteiger partial charge < -0.3 is 10.3 Å². The van der Waals surface area contributed by atoms with Gasteiger partial charge in [-0.3, -0.25) is 4.79 Å². The van der Waals surface area contributed by atoms with E-state index in [2.05, 4.69) is 87.5 Å². The zero-order valence-electron chi connectivity index (χ0n) is 17.0. The van der Waals surface area contributed by atoms with E-state index in [4.69, 9.17) is 0 Å². The monoisotopic (exact) mass is 362 g/mol. The van der Waals surface area contributed by atoms with E-state index in [9.17, 15) is 4.79 Å².